The molecule has 3 nitrogen and oxygen atoms in total. The molecule has 0 atom stereocenters. The van der Waals surface area contributed by atoms with Crippen molar-refractivity contribution in [3.05, 3.63) is 29.7 Å². The van der Waals surface area contributed by atoms with Gasteiger partial charge in [-0.15, -0.1) is 0 Å². The van der Waals surface area contributed by atoms with E-state index in [2.05, 4.69) is 34.6 Å². The number of aromatic nitrogens is 2. The summed E-state index contributed by atoms with van der Waals surface area (Å²) in [6.07, 6.45) is 10.5. The highest BCUT2D eigenvalue weighted by Gasteiger charge is 2.18. The molecule has 0 spiro atoms. The second-order valence-corrected chi connectivity index (χ2v) is 5.83. The molecule has 3 heteroatoms. The Morgan fingerprint density at radius 2 is 2.05 bits per heavy atom. The molecule has 19 heavy (non-hydrogen) atoms. The number of nitrogens with zero attached hydrogens (tertiary/aromatic N) is 3. The predicted octanol–water partition coefficient (Wildman–Crippen LogP) is 2.87. The van der Waals surface area contributed by atoms with Crippen LogP contribution in [0.1, 0.15) is 30.5 Å². The maximum absolute atomic E-state index is 4.33. The van der Waals surface area contributed by atoms with Crippen LogP contribution in [-0.4, -0.2) is 35.1 Å². The van der Waals surface area contributed by atoms with Gasteiger partial charge in [-0.1, -0.05) is 6.42 Å². The van der Waals surface area contributed by atoms with Crippen LogP contribution in [-0.2, 0) is 19.4 Å². The van der Waals surface area contributed by atoms with Gasteiger partial charge in [-0.25, -0.2) is 0 Å². The first-order valence-corrected chi connectivity index (χ1v) is 7.36. The zero-order valence-corrected chi connectivity index (χ0v) is 12.0. The first-order chi connectivity index (χ1) is 9.27. The molecule has 3 rings (SSSR count). The van der Waals surface area contributed by atoms with Crippen LogP contribution in [0.5, 0.6) is 0 Å². The van der Waals surface area contributed by atoms with Gasteiger partial charge in [-0.05, 0) is 51.4 Å². The molecule has 0 radical (unpaired) electrons. The highest BCUT2D eigenvalue weighted by molar-refractivity contribution is 5.84. The average molecular weight is 257 g/mol. The molecule has 0 amide bonds. The highest BCUT2D eigenvalue weighted by atomic mass is 15.1. The number of fused-ring (bicyclic) bond motifs is 3. The Hall–Kier alpha value is -1.35. The van der Waals surface area contributed by atoms with Crippen molar-refractivity contribution in [3.63, 3.8) is 0 Å². The molecule has 0 fully saturated rings. The van der Waals surface area contributed by atoms with Gasteiger partial charge in [-0.2, -0.15) is 0 Å². The average Bonchev–Trinajstić information content (AvgIpc) is 2.56. The number of rotatable bonds is 3. The first kappa shape index (κ1) is 12.7. The van der Waals surface area contributed by atoms with E-state index in [1.165, 1.54) is 43.0 Å². The minimum absolute atomic E-state index is 1.07. The Morgan fingerprint density at radius 3 is 2.89 bits per heavy atom. The molecule has 0 bridgehead atoms. The lowest BCUT2D eigenvalue weighted by Crippen LogP contribution is -2.19. The lowest BCUT2D eigenvalue weighted by Gasteiger charge is -2.14. The monoisotopic (exact) mass is 257 g/mol. The van der Waals surface area contributed by atoms with Crippen molar-refractivity contribution < 1.29 is 0 Å². The van der Waals surface area contributed by atoms with E-state index < -0.39 is 0 Å². The molecule has 1 aliphatic rings. The third-order valence-electron chi connectivity index (χ3n) is 4.20. The van der Waals surface area contributed by atoms with Gasteiger partial charge in [0.15, 0.2) is 0 Å². The Bertz CT molecular complexity index is 569. The van der Waals surface area contributed by atoms with Gasteiger partial charge in [0.25, 0.3) is 0 Å². The van der Waals surface area contributed by atoms with E-state index in [-0.39, 0.29) is 0 Å². The third-order valence-corrected chi connectivity index (χ3v) is 4.20. The summed E-state index contributed by atoms with van der Waals surface area (Å²) < 4.78 is 2.52. The van der Waals surface area contributed by atoms with E-state index in [0.717, 1.165) is 13.1 Å². The molecule has 0 saturated carbocycles. The molecule has 2 aromatic heterocycles. The van der Waals surface area contributed by atoms with E-state index >= 15 is 0 Å². The van der Waals surface area contributed by atoms with Crippen molar-refractivity contribution in [2.45, 2.75) is 38.6 Å². The van der Waals surface area contributed by atoms with Gasteiger partial charge in [0.2, 0.25) is 0 Å². The Balaban J connectivity index is 2.09. The summed E-state index contributed by atoms with van der Waals surface area (Å²) in [5, 5.41) is 1.44. The molecule has 0 aromatic carbocycles. The third kappa shape index (κ3) is 2.39. The van der Waals surface area contributed by atoms with Crippen LogP contribution in [0.3, 0.4) is 0 Å². The largest absolute Gasteiger partial charge is 0.342 e. The Kier molecular flexibility index (Phi) is 3.56. The smallest absolute Gasteiger partial charge is 0.0672 e. The van der Waals surface area contributed by atoms with Gasteiger partial charge < -0.3 is 9.47 Å². The topological polar surface area (TPSA) is 21.1 Å². The van der Waals surface area contributed by atoms with Gasteiger partial charge in [0.05, 0.1) is 11.7 Å². The molecule has 2 aromatic rings. The second-order valence-electron chi connectivity index (χ2n) is 5.83. The van der Waals surface area contributed by atoms with Gasteiger partial charge in [0.1, 0.15) is 0 Å². The van der Waals surface area contributed by atoms with Crippen molar-refractivity contribution in [2.24, 2.45) is 0 Å². The summed E-state index contributed by atoms with van der Waals surface area (Å²) in [7, 11) is 4.28. The van der Waals surface area contributed by atoms with Crippen LogP contribution in [0.2, 0.25) is 0 Å². The summed E-state index contributed by atoms with van der Waals surface area (Å²) in [5.41, 5.74) is 4.49. The summed E-state index contributed by atoms with van der Waals surface area (Å²) in [4.78, 5) is 6.59. The van der Waals surface area contributed by atoms with E-state index in [0.29, 0.717) is 0 Å². The highest BCUT2D eigenvalue weighted by Crippen LogP contribution is 2.30. The normalized spacial score (nSPS) is 15.7. The second kappa shape index (κ2) is 5.33. The molecule has 0 unspecified atom stereocenters. The zero-order chi connectivity index (χ0) is 13.2. The maximum Gasteiger partial charge on any atom is 0.0672 e. The van der Waals surface area contributed by atoms with Crippen LogP contribution in [0, 0.1) is 0 Å². The number of hydrogen-bond acceptors (Lipinski definition) is 2. The molecule has 0 saturated heterocycles. The van der Waals surface area contributed by atoms with Crippen molar-refractivity contribution >= 4 is 10.9 Å². The van der Waals surface area contributed by atoms with Crippen LogP contribution in [0.4, 0.5) is 0 Å². The number of likely N-dealkylation sites (N-methyl/N-ethyl adjacent to an activating group) is 1. The van der Waals surface area contributed by atoms with Crippen molar-refractivity contribution in [3.8, 4) is 0 Å². The maximum atomic E-state index is 4.33. The summed E-state index contributed by atoms with van der Waals surface area (Å²) in [6.45, 7) is 2.16. The molecule has 0 N–H and O–H groups in total. The van der Waals surface area contributed by atoms with E-state index in [1.807, 2.05) is 12.4 Å². The standard InChI is InChI=1S/C16H23N3/c1-18(2)10-11-19-15-7-5-3-4-6-13(15)14-8-9-17-12-16(14)19/h8-9,12H,3-7,10-11H2,1-2H3. The lowest BCUT2D eigenvalue weighted by molar-refractivity contribution is 0.384. The lowest BCUT2D eigenvalue weighted by atomic mass is 10.1. The van der Waals surface area contributed by atoms with Crippen molar-refractivity contribution in [1.29, 1.82) is 0 Å². The van der Waals surface area contributed by atoms with E-state index in [4.69, 9.17) is 0 Å². The fourth-order valence-electron chi connectivity index (χ4n) is 3.21. The van der Waals surface area contributed by atoms with Crippen LogP contribution in [0.25, 0.3) is 10.9 Å². The predicted molar refractivity (Wildman–Crippen MR) is 79.5 cm³/mol. The number of aryl methyl sites for hydroxylation is 1. The zero-order valence-electron chi connectivity index (χ0n) is 12.0. The number of hydrogen-bond donors (Lipinski definition) is 0. The fraction of sp³-hybridized carbons (Fsp3) is 0.562. The van der Waals surface area contributed by atoms with Crippen LogP contribution in [0.15, 0.2) is 18.5 Å². The van der Waals surface area contributed by atoms with E-state index in [1.54, 1.807) is 11.3 Å². The molecule has 102 valence electrons. The number of pyridine rings is 1. The minimum atomic E-state index is 1.07. The van der Waals surface area contributed by atoms with E-state index in [9.17, 15) is 0 Å². The van der Waals surface area contributed by atoms with Crippen LogP contribution < -0.4 is 0 Å². The van der Waals surface area contributed by atoms with Crippen LogP contribution >= 0.6 is 0 Å². The molecule has 1 aliphatic carbocycles. The first-order valence-electron chi connectivity index (χ1n) is 7.36. The molecule has 2 heterocycles. The van der Waals surface area contributed by atoms with Gasteiger partial charge in [0, 0.05) is 30.4 Å². The van der Waals surface area contributed by atoms with Crippen molar-refractivity contribution in [1.82, 2.24) is 14.5 Å². The molecular formula is C16H23N3. The summed E-state index contributed by atoms with van der Waals surface area (Å²) >= 11 is 0. The molecule has 0 aliphatic heterocycles. The van der Waals surface area contributed by atoms with Gasteiger partial charge in [-0.3, -0.25) is 4.98 Å². The minimum Gasteiger partial charge on any atom is -0.342 e. The van der Waals surface area contributed by atoms with Gasteiger partial charge >= 0.3 is 0 Å². The summed E-state index contributed by atoms with van der Waals surface area (Å²) in [6, 6.07) is 2.20. The summed E-state index contributed by atoms with van der Waals surface area (Å²) in [5.74, 6) is 0. The fourth-order valence-corrected chi connectivity index (χ4v) is 3.21. The Labute approximate surface area is 115 Å². The molecular weight excluding hydrogens is 234 g/mol. The quantitative estimate of drug-likeness (QED) is 0.788. The SMILES string of the molecule is CN(C)CCn1c2c(c3ccncc31)CCCCC2. The van der Waals surface area contributed by atoms with Crippen molar-refractivity contribution in [2.75, 3.05) is 20.6 Å². The Morgan fingerprint density at radius 1 is 1.21 bits per heavy atom.